The van der Waals surface area contributed by atoms with Crippen molar-refractivity contribution in [1.29, 1.82) is 0 Å². The van der Waals surface area contributed by atoms with Gasteiger partial charge < -0.3 is 4.74 Å². The molecule has 3 unspecified atom stereocenters. The van der Waals surface area contributed by atoms with Gasteiger partial charge in [0.1, 0.15) is 17.7 Å². The Balaban J connectivity index is 1.63. The van der Waals surface area contributed by atoms with Crippen LogP contribution in [0.2, 0.25) is 0 Å². The zero-order valence-electron chi connectivity index (χ0n) is 10.4. The Morgan fingerprint density at radius 1 is 1.28 bits per heavy atom. The summed E-state index contributed by atoms with van der Waals surface area (Å²) >= 11 is 6.38. The Labute approximate surface area is 112 Å². The van der Waals surface area contributed by atoms with Gasteiger partial charge in [-0.25, -0.2) is 4.39 Å². The number of alkyl halides is 1. The predicted molar refractivity (Wildman–Crippen MR) is 70.7 cm³/mol. The maximum absolute atomic E-state index is 13.1. The maximum atomic E-state index is 13.1. The molecule has 1 heterocycles. The van der Waals surface area contributed by atoms with E-state index in [0.29, 0.717) is 11.3 Å². The van der Waals surface area contributed by atoms with Gasteiger partial charge in [0.25, 0.3) is 0 Å². The molecule has 1 aliphatic heterocycles. The first-order chi connectivity index (χ1) is 8.72. The minimum absolute atomic E-state index is 0.175. The largest absolute Gasteiger partial charge is 0.490 e. The standard InChI is InChI=1S/C15H18ClFO/c16-14-4-2-1-3-10(14)8-13-9-11-7-12(17)5-6-15(11)18-13/h5-7,10,13-14H,1-4,8-9H2. The van der Waals surface area contributed by atoms with Crippen LogP contribution in [-0.2, 0) is 6.42 Å². The summed E-state index contributed by atoms with van der Waals surface area (Å²) < 4.78 is 19.0. The molecular formula is C15H18ClFO. The zero-order valence-corrected chi connectivity index (χ0v) is 11.1. The number of ether oxygens (including phenoxy) is 1. The molecule has 1 aromatic carbocycles. The highest BCUT2D eigenvalue weighted by atomic mass is 35.5. The van der Waals surface area contributed by atoms with Crippen molar-refractivity contribution in [1.82, 2.24) is 0 Å². The van der Waals surface area contributed by atoms with E-state index in [4.69, 9.17) is 16.3 Å². The van der Waals surface area contributed by atoms with E-state index in [0.717, 1.165) is 30.6 Å². The lowest BCUT2D eigenvalue weighted by Crippen LogP contribution is -2.26. The van der Waals surface area contributed by atoms with E-state index >= 15 is 0 Å². The van der Waals surface area contributed by atoms with Crippen LogP contribution in [0.5, 0.6) is 5.75 Å². The monoisotopic (exact) mass is 268 g/mol. The van der Waals surface area contributed by atoms with E-state index in [1.165, 1.54) is 25.3 Å². The van der Waals surface area contributed by atoms with Crippen molar-refractivity contribution in [2.45, 2.75) is 50.0 Å². The molecule has 1 saturated carbocycles. The lowest BCUT2D eigenvalue weighted by atomic mass is 9.84. The highest BCUT2D eigenvalue weighted by Crippen LogP contribution is 2.37. The molecule has 18 heavy (non-hydrogen) atoms. The summed E-state index contributed by atoms with van der Waals surface area (Å²) in [5.41, 5.74) is 1.00. The van der Waals surface area contributed by atoms with Crippen molar-refractivity contribution in [3.8, 4) is 5.75 Å². The molecule has 0 bridgehead atoms. The summed E-state index contributed by atoms with van der Waals surface area (Å²) in [6.45, 7) is 0. The van der Waals surface area contributed by atoms with Crippen LogP contribution in [0.25, 0.3) is 0 Å². The minimum atomic E-state index is -0.175. The first-order valence-electron chi connectivity index (χ1n) is 6.81. The molecule has 0 spiro atoms. The topological polar surface area (TPSA) is 9.23 Å². The summed E-state index contributed by atoms with van der Waals surface area (Å²) in [5, 5.41) is 0.294. The minimum Gasteiger partial charge on any atom is -0.490 e. The third-order valence-electron chi connectivity index (χ3n) is 4.15. The first-order valence-corrected chi connectivity index (χ1v) is 7.25. The molecule has 1 aliphatic carbocycles. The maximum Gasteiger partial charge on any atom is 0.123 e. The van der Waals surface area contributed by atoms with Gasteiger partial charge in [-0.15, -0.1) is 11.6 Å². The molecule has 1 nitrogen and oxygen atoms in total. The van der Waals surface area contributed by atoms with Crippen LogP contribution in [-0.4, -0.2) is 11.5 Å². The Kier molecular flexibility index (Phi) is 3.47. The second-order valence-electron chi connectivity index (χ2n) is 5.49. The number of fused-ring (bicyclic) bond motifs is 1. The average molecular weight is 269 g/mol. The molecule has 1 aromatic rings. The quantitative estimate of drug-likeness (QED) is 0.726. The molecule has 1 fully saturated rings. The van der Waals surface area contributed by atoms with Gasteiger partial charge in [0.05, 0.1) is 0 Å². The molecule has 0 saturated heterocycles. The summed E-state index contributed by atoms with van der Waals surface area (Å²) in [7, 11) is 0. The molecule has 0 N–H and O–H groups in total. The van der Waals surface area contributed by atoms with Crippen LogP contribution in [0.15, 0.2) is 18.2 Å². The molecule has 0 aromatic heterocycles. The van der Waals surface area contributed by atoms with E-state index < -0.39 is 0 Å². The molecule has 3 atom stereocenters. The highest BCUT2D eigenvalue weighted by molar-refractivity contribution is 6.20. The number of hydrogen-bond donors (Lipinski definition) is 0. The molecule has 3 heteroatoms. The Morgan fingerprint density at radius 3 is 2.94 bits per heavy atom. The Hall–Kier alpha value is -0.760. The van der Waals surface area contributed by atoms with E-state index in [-0.39, 0.29) is 11.9 Å². The third-order valence-corrected chi connectivity index (χ3v) is 4.72. The van der Waals surface area contributed by atoms with Gasteiger partial charge in [0.2, 0.25) is 0 Å². The van der Waals surface area contributed by atoms with Crippen LogP contribution < -0.4 is 4.74 Å². The van der Waals surface area contributed by atoms with Crippen molar-refractivity contribution in [2.24, 2.45) is 5.92 Å². The first kappa shape index (κ1) is 12.3. The number of hydrogen-bond acceptors (Lipinski definition) is 1. The summed E-state index contributed by atoms with van der Waals surface area (Å²) in [4.78, 5) is 0. The van der Waals surface area contributed by atoms with Crippen molar-refractivity contribution >= 4 is 11.6 Å². The molecular weight excluding hydrogens is 251 g/mol. The Bertz CT molecular complexity index is 435. The van der Waals surface area contributed by atoms with Crippen molar-refractivity contribution in [2.75, 3.05) is 0 Å². The highest BCUT2D eigenvalue weighted by Gasteiger charge is 2.30. The Morgan fingerprint density at radius 2 is 2.11 bits per heavy atom. The lowest BCUT2D eigenvalue weighted by molar-refractivity contribution is 0.177. The smallest absolute Gasteiger partial charge is 0.123 e. The van der Waals surface area contributed by atoms with Crippen LogP contribution in [0, 0.1) is 11.7 Å². The second-order valence-corrected chi connectivity index (χ2v) is 6.05. The van der Waals surface area contributed by atoms with Crippen LogP contribution in [0.1, 0.15) is 37.7 Å². The van der Waals surface area contributed by atoms with Gasteiger partial charge in [-0.2, -0.15) is 0 Å². The molecule has 98 valence electrons. The van der Waals surface area contributed by atoms with E-state index in [1.54, 1.807) is 12.1 Å². The number of rotatable bonds is 2. The number of halogens is 2. The lowest BCUT2D eigenvalue weighted by Gasteiger charge is -2.28. The van der Waals surface area contributed by atoms with Crippen LogP contribution in [0.4, 0.5) is 4.39 Å². The molecule has 2 aliphatic rings. The van der Waals surface area contributed by atoms with Gasteiger partial charge in [0.15, 0.2) is 0 Å². The SMILES string of the molecule is Fc1ccc2c(c1)CC(CC1CCCCC1Cl)O2. The van der Waals surface area contributed by atoms with Crippen molar-refractivity contribution in [3.63, 3.8) is 0 Å². The fraction of sp³-hybridized carbons (Fsp3) is 0.600. The average Bonchev–Trinajstić information content (AvgIpc) is 2.73. The van der Waals surface area contributed by atoms with Gasteiger partial charge >= 0.3 is 0 Å². The molecule has 3 rings (SSSR count). The van der Waals surface area contributed by atoms with Crippen LogP contribution >= 0.6 is 11.6 Å². The number of benzene rings is 1. The second kappa shape index (κ2) is 5.08. The van der Waals surface area contributed by atoms with Gasteiger partial charge in [-0.3, -0.25) is 0 Å². The van der Waals surface area contributed by atoms with Gasteiger partial charge in [-0.1, -0.05) is 12.8 Å². The van der Waals surface area contributed by atoms with Crippen LogP contribution in [0.3, 0.4) is 0 Å². The molecule has 0 amide bonds. The molecule has 0 radical (unpaired) electrons. The normalized spacial score (nSPS) is 30.9. The van der Waals surface area contributed by atoms with E-state index in [9.17, 15) is 4.39 Å². The fourth-order valence-electron chi connectivity index (χ4n) is 3.19. The summed E-state index contributed by atoms with van der Waals surface area (Å²) in [5.74, 6) is 1.23. The summed E-state index contributed by atoms with van der Waals surface area (Å²) in [6.07, 6.45) is 6.88. The van der Waals surface area contributed by atoms with E-state index in [2.05, 4.69) is 0 Å². The van der Waals surface area contributed by atoms with Crippen molar-refractivity contribution in [3.05, 3.63) is 29.6 Å². The predicted octanol–water partition coefficient (Wildman–Crippen LogP) is 4.32. The van der Waals surface area contributed by atoms with E-state index in [1.807, 2.05) is 0 Å². The van der Waals surface area contributed by atoms with Crippen molar-refractivity contribution < 1.29 is 9.13 Å². The van der Waals surface area contributed by atoms with Gasteiger partial charge in [-0.05, 0) is 43.4 Å². The summed E-state index contributed by atoms with van der Waals surface area (Å²) in [6, 6.07) is 4.80. The third kappa shape index (κ3) is 2.49. The van der Waals surface area contributed by atoms with Gasteiger partial charge in [0, 0.05) is 17.4 Å². The fourth-order valence-corrected chi connectivity index (χ4v) is 3.57. The zero-order chi connectivity index (χ0) is 12.5.